The minimum atomic E-state index is -0.571. The average Bonchev–Trinajstić information content (AvgIpc) is 2.95. The van der Waals surface area contributed by atoms with Gasteiger partial charge in [-0.05, 0) is 38.0 Å². The Morgan fingerprint density at radius 3 is 2.73 bits per heavy atom. The molecule has 0 atom stereocenters. The highest BCUT2D eigenvalue weighted by Gasteiger charge is 2.40. The van der Waals surface area contributed by atoms with Crippen molar-refractivity contribution in [3.8, 4) is 0 Å². The number of nitrogens with one attached hydrogen (secondary N) is 1. The maximum absolute atomic E-state index is 12.6. The quantitative estimate of drug-likeness (QED) is 0.938. The van der Waals surface area contributed by atoms with Crippen LogP contribution >= 0.6 is 11.6 Å². The fourth-order valence-electron chi connectivity index (χ4n) is 2.96. The number of benzene rings is 1. The average molecular weight is 320 g/mol. The molecule has 3 rings (SSSR count). The van der Waals surface area contributed by atoms with Gasteiger partial charge in [-0.1, -0.05) is 42.1 Å². The van der Waals surface area contributed by atoms with Gasteiger partial charge in [-0.2, -0.15) is 4.98 Å². The van der Waals surface area contributed by atoms with Gasteiger partial charge < -0.3 is 9.84 Å². The molecule has 0 spiro atoms. The summed E-state index contributed by atoms with van der Waals surface area (Å²) in [6, 6.07) is 6.92. The minimum Gasteiger partial charge on any atom is -0.338 e. The molecule has 1 aliphatic carbocycles. The molecule has 5 nitrogen and oxygen atoms in total. The number of hydrogen-bond acceptors (Lipinski definition) is 4. The van der Waals surface area contributed by atoms with Gasteiger partial charge in [0.05, 0.1) is 0 Å². The smallest absolute Gasteiger partial charge is 0.252 e. The number of carbonyl (C=O) groups is 1. The predicted molar refractivity (Wildman–Crippen MR) is 82.7 cm³/mol. The summed E-state index contributed by atoms with van der Waals surface area (Å²) in [5.41, 5.74) is -0.0347. The Morgan fingerprint density at radius 1 is 1.32 bits per heavy atom. The third-order valence-electron chi connectivity index (χ3n) is 4.08. The number of aromatic nitrogens is 2. The first-order valence-corrected chi connectivity index (χ1v) is 7.86. The first-order valence-electron chi connectivity index (χ1n) is 7.48. The SMILES string of the molecule is Cc1noc(C2(NC(=O)c3cccc(Cl)c3)CCCCC2)n1. The number of rotatable bonds is 3. The van der Waals surface area contributed by atoms with Crippen molar-refractivity contribution in [2.75, 3.05) is 0 Å². The molecule has 116 valence electrons. The second kappa shape index (κ2) is 6.08. The zero-order chi connectivity index (χ0) is 15.6. The maximum Gasteiger partial charge on any atom is 0.252 e. The van der Waals surface area contributed by atoms with Crippen LogP contribution in [-0.4, -0.2) is 16.0 Å². The molecule has 1 amide bonds. The Kier molecular flexibility index (Phi) is 4.16. The summed E-state index contributed by atoms with van der Waals surface area (Å²) >= 11 is 5.97. The van der Waals surface area contributed by atoms with E-state index in [0.29, 0.717) is 22.3 Å². The Bertz CT molecular complexity index is 678. The lowest BCUT2D eigenvalue weighted by Crippen LogP contribution is -2.47. The van der Waals surface area contributed by atoms with Gasteiger partial charge in [0.25, 0.3) is 11.8 Å². The van der Waals surface area contributed by atoms with Gasteiger partial charge in [0, 0.05) is 10.6 Å². The second-order valence-electron chi connectivity index (χ2n) is 5.75. The Morgan fingerprint density at radius 2 is 2.09 bits per heavy atom. The molecule has 1 saturated carbocycles. The third kappa shape index (κ3) is 2.99. The molecule has 1 fully saturated rings. The topological polar surface area (TPSA) is 68.0 Å². The van der Waals surface area contributed by atoms with E-state index in [0.717, 1.165) is 32.1 Å². The van der Waals surface area contributed by atoms with E-state index in [9.17, 15) is 4.79 Å². The van der Waals surface area contributed by atoms with Crippen LogP contribution < -0.4 is 5.32 Å². The van der Waals surface area contributed by atoms with Crippen LogP contribution in [0.4, 0.5) is 0 Å². The van der Waals surface area contributed by atoms with E-state index in [2.05, 4.69) is 15.5 Å². The van der Waals surface area contributed by atoms with Crippen molar-refractivity contribution in [2.24, 2.45) is 0 Å². The number of amides is 1. The van der Waals surface area contributed by atoms with Crippen LogP contribution in [0.15, 0.2) is 28.8 Å². The molecule has 22 heavy (non-hydrogen) atoms. The monoisotopic (exact) mass is 319 g/mol. The molecule has 1 aliphatic rings. The van der Waals surface area contributed by atoms with Crippen molar-refractivity contribution in [1.29, 1.82) is 0 Å². The molecule has 2 aromatic rings. The summed E-state index contributed by atoms with van der Waals surface area (Å²) in [5, 5.41) is 7.52. The molecule has 0 bridgehead atoms. The summed E-state index contributed by atoms with van der Waals surface area (Å²) in [5.74, 6) is 0.914. The number of carbonyl (C=O) groups excluding carboxylic acids is 1. The van der Waals surface area contributed by atoms with E-state index in [1.807, 2.05) is 0 Å². The predicted octanol–water partition coefficient (Wildman–Crippen LogP) is 3.62. The molecule has 0 radical (unpaired) electrons. The van der Waals surface area contributed by atoms with Crippen molar-refractivity contribution in [1.82, 2.24) is 15.5 Å². The van der Waals surface area contributed by atoms with Gasteiger partial charge >= 0.3 is 0 Å². The standard InChI is InChI=1S/C16H18ClN3O2/c1-11-18-15(22-20-11)16(8-3-2-4-9-16)19-14(21)12-6-5-7-13(17)10-12/h5-7,10H,2-4,8-9H2,1H3,(H,19,21). The lowest BCUT2D eigenvalue weighted by atomic mass is 9.81. The van der Waals surface area contributed by atoms with Crippen LogP contribution in [0, 0.1) is 6.92 Å². The van der Waals surface area contributed by atoms with E-state index < -0.39 is 5.54 Å². The number of nitrogens with zero attached hydrogens (tertiary/aromatic N) is 2. The molecule has 1 aromatic carbocycles. The van der Waals surface area contributed by atoms with Crippen LogP contribution in [0.1, 0.15) is 54.2 Å². The number of aryl methyl sites for hydroxylation is 1. The van der Waals surface area contributed by atoms with Gasteiger partial charge in [0.15, 0.2) is 5.82 Å². The summed E-state index contributed by atoms with van der Waals surface area (Å²) in [4.78, 5) is 16.9. The Hall–Kier alpha value is -1.88. The number of halogens is 1. The molecule has 1 heterocycles. The Balaban J connectivity index is 1.89. The van der Waals surface area contributed by atoms with Crippen LogP contribution in [0.2, 0.25) is 5.02 Å². The molecule has 6 heteroatoms. The highest BCUT2D eigenvalue weighted by atomic mass is 35.5. The van der Waals surface area contributed by atoms with Crippen molar-refractivity contribution in [3.63, 3.8) is 0 Å². The molecule has 1 aromatic heterocycles. The normalized spacial score (nSPS) is 17.2. The van der Waals surface area contributed by atoms with Crippen LogP contribution in [0.5, 0.6) is 0 Å². The molecular formula is C16H18ClN3O2. The second-order valence-corrected chi connectivity index (χ2v) is 6.19. The molecule has 0 unspecified atom stereocenters. The van der Waals surface area contributed by atoms with Crippen LogP contribution in [-0.2, 0) is 5.54 Å². The zero-order valence-corrected chi connectivity index (χ0v) is 13.2. The van der Waals surface area contributed by atoms with Crippen LogP contribution in [0.25, 0.3) is 0 Å². The summed E-state index contributed by atoms with van der Waals surface area (Å²) in [6.07, 6.45) is 4.82. The van der Waals surface area contributed by atoms with E-state index in [1.54, 1.807) is 31.2 Å². The van der Waals surface area contributed by atoms with E-state index in [1.165, 1.54) is 0 Å². The van der Waals surface area contributed by atoms with E-state index in [-0.39, 0.29) is 5.91 Å². The highest BCUT2D eigenvalue weighted by molar-refractivity contribution is 6.30. The van der Waals surface area contributed by atoms with Crippen LogP contribution in [0.3, 0.4) is 0 Å². The zero-order valence-electron chi connectivity index (χ0n) is 12.4. The van der Waals surface area contributed by atoms with Crippen molar-refractivity contribution < 1.29 is 9.32 Å². The van der Waals surface area contributed by atoms with Crippen molar-refractivity contribution in [2.45, 2.75) is 44.6 Å². The van der Waals surface area contributed by atoms with E-state index in [4.69, 9.17) is 16.1 Å². The molecule has 1 N–H and O–H groups in total. The lowest BCUT2D eigenvalue weighted by Gasteiger charge is -2.34. The highest BCUT2D eigenvalue weighted by Crippen LogP contribution is 2.36. The molecule has 0 saturated heterocycles. The van der Waals surface area contributed by atoms with Gasteiger partial charge in [0.1, 0.15) is 5.54 Å². The largest absolute Gasteiger partial charge is 0.338 e. The molecular weight excluding hydrogens is 302 g/mol. The fourth-order valence-corrected chi connectivity index (χ4v) is 3.15. The minimum absolute atomic E-state index is 0.166. The van der Waals surface area contributed by atoms with Crippen molar-refractivity contribution in [3.05, 3.63) is 46.6 Å². The number of hydrogen-bond donors (Lipinski definition) is 1. The van der Waals surface area contributed by atoms with Gasteiger partial charge in [-0.25, -0.2) is 0 Å². The van der Waals surface area contributed by atoms with Crippen molar-refractivity contribution >= 4 is 17.5 Å². The fraction of sp³-hybridized carbons (Fsp3) is 0.438. The molecule has 0 aliphatic heterocycles. The van der Waals surface area contributed by atoms with E-state index >= 15 is 0 Å². The first-order chi connectivity index (χ1) is 10.6. The third-order valence-corrected chi connectivity index (χ3v) is 4.32. The summed E-state index contributed by atoms with van der Waals surface area (Å²) < 4.78 is 5.37. The lowest BCUT2D eigenvalue weighted by molar-refractivity contribution is 0.0824. The summed E-state index contributed by atoms with van der Waals surface area (Å²) in [6.45, 7) is 1.78. The van der Waals surface area contributed by atoms with Gasteiger partial charge in [-0.15, -0.1) is 0 Å². The van der Waals surface area contributed by atoms with Gasteiger partial charge in [-0.3, -0.25) is 4.79 Å². The summed E-state index contributed by atoms with van der Waals surface area (Å²) in [7, 11) is 0. The maximum atomic E-state index is 12.6. The Labute approximate surface area is 134 Å². The first kappa shape index (κ1) is 15.0. The van der Waals surface area contributed by atoms with Gasteiger partial charge in [0.2, 0.25) is 0 Å².